The van der Waals surface area contributed by atoms with Gasteiger partial charge in [0.05, 0.1) is 23.2 Å². The highest BCUT2D eigenvalue weighted by Crippen LogP contribution is 2.31. The second-order valence-corrected chi connectivity index (χ2v) is 9.77. The van der Waals surface area contributed by atoms with Crippen LogP contribution in [-0.2, 0) is 14.8 Å². The fraction of sp³-hybridized carbons (Fsp3) is 0.240. The average molecular weight is 487 g/mol. The summed E-state index contributed by atoms with van der Waals surface area (Å²) in [6, 6.07) is 20.1. The number of nitrogens with zero attached hydrogens (tertiary/aromatic N) is 1. The molecule has 0 saturated carbocycles. The summed E-state index contributed by atoms with van der Waals surface area (Å²) in [6.07, 6.45) is 0. The molecular weight excluding hydrogens is 460 g/mol. The highest BCUT2D eigenvalue weighted by Gasteiger charge is 2.29. The molecule has 3 rings (SSSR count). The Bertz CT molecular complexity index is 1200. The number of halogens is 1. The van der Waals surface area contributed by atoms with Gasteiger partial charge in [-0.05, 0) is 68.3 Å². The van der Waals surface area contributed by atoms with E-state index in [1.807, 2.05) is 38.1 Å². The molecule has 3 aromatic carbocycles. The minimum atomic E-state index is -4.00. The fourth-order valence-electron chi connectivity index (χ4n) is 3.41. The molecule has 0 spiro atoms. The topological polar surface area (TPSA) is 75.7 Å². The molecule has 8 heteroatoms. The molecule has 1 amide bonds. The van der Waals surface area contributed by atoms with E-state index in [1.54, 1.807) is 43.3 Å². The van der Waals surface area contributed by atoms with Gasteiger partial charge in [0.25, 0.3) is 10.0 Å². The van der Waals surface area contributed by atoms with Gasteiger partial charge in [-0.3, -0.25) is 9.10 Å². The first-order valence-corrected chi connectivity index (χ1v) is 12.4. The van der Waals surface area contributed by atoms with Crippen LogP contribution in [-0.4, -0.2) is 27.5 Å². The van der Waals surface area contributed by atoms with Crippen LogP contribution in [0.2, 0.25) is 5.02 Å². The van der Waals surface area contributed by atoms with Gasteiger partial charge in [-0.2, -0.15) is 0 Å². The molecule has 0 aliphatic carbocycles. The molecule has 0 aromatic heterocycles. The third-order valence-electron chi connectivity index (χ3n) is 5.19. The summed E-state index contributed by atoms with van der Waals surface area (Å²) in [7, 11) is -4.00. The molecule has 6 nitrogen and oxygen atoms in total. The van der Waals surface area contributed by atoms with Gasteiger partial charge in [-0.1, -0.05) is 48.0 Å². The summed E-state index contributed by atoms with van der Waals surface area (Å²) < 4.78 is 33.5. The van der Waals surface area contributed by atoms with E-state index in [2.05, 4.69) is 5.32 Å². The predicted molar refractivity (Wildman–Crippen MR) is 131 cm³/mol. The van der Waals surface area contributed by atoms with Crippen molar-refractivity contribution >= 4 is 33.2 Å². The second kappa shape index (κ2) is 10.7. The van der Waals surface area contributed by atoms with Crippen LogP contribution in [0.4, 0.5) is 5.69 Å². The number of hydrogen-bond acceptors (Lipinski definition) is 4. The minimum Gasteiger partial charge on any atom is -0.494 e. The fourth-order valence-corrected chi connectivity index (χ4v) is 5.07. The van der Waals surface area contributed by atoms with Crippen molar-refractivity contribution in [2.24, 2.45) is 0 Å². The van der Waals surface area contributed by atoms with Crippen LogP contribution in [0, 0.1) is 6.92 Å². The maximum absolute atomic E-state index is 13.5. The molecular formula is C25H27ClN2O4S. The molecule has 0 bridgehead atoms. The number of ether oxygens (including phenoxy) is 1. The van der Waals surface area contributed by atoms with Crippen molar-refractivity contribution in [3.8, 4) is 5.75 Å². The van der Waals surface area contributed by atoms with E-state index in [-0.39, 0.29) is 17.5 Å². The van der Waals surface area contributed by atoms with Crippen LogP contribution < -0.4 is 14.4 Å². The zero-order valence-corrected chi connectivity index (χ0v) is 20.4. The first kappa shape index (κ1) is 24.6. The maximum atomic E-state index is 13.5. The number of benzene rings is 3. The van der Waals surface area contributed by atoms with Crippen molar-refractivity contribution < 1.29 is 17.9 Å². The normalized spacial score (nSPS) is 12.1. The van der Waals surface area contributed by atoms with Crippen molar-refractivity contribution in [2.45, 2.75) is 31.7 Å². The van der Waals surface area contributed by atoms with Gasteiger partial charge in [0, 0.05) is 5.02 Å². The Morgan fingerprint density at radius 1 is 1.03 bits per heavy atom. The number of hydrogen-bond donors (Lipinski definition) is 1. The van der Waals surface area contributed by atoms with E-state index in [0.717, 1.165) is 15.6 Å². The molecule has 0 saturated heterocycles. The van der Waals surface area contributed by atoms with Crippen LogP contribution in [0.5, 0.6) is 5.75 Å². The maximum Gasteiger partial charge on any atom is 0.264 e. The number of carbonyl (C=O) groups excluding carboxylic acids is 1. The monoisotopic (exact) mass is 486 g/mol. The number of nitrogens with one attached hydrogen (secondary N) is 1. The van der Waals surface area contributed by atoms with E-state index in [4.69, 9.17) is 16.3 Å². The zero-order chi connectivity index (χ0) is 24.0. The van der Waals surface area contributed by atoms with Gasteiger partial charge in [-0.15, -0.1) is 0 Å². The molecule has 0 unspecified atom stereocenters. The summed E-state index contributed by atoms with van der Waals surface area (Å²) >= 11 is 6.26. The van der Waals surface area contributed by atoms with Gasteiger partial charge in [0.15, 0.2) is 0 Å². The highest BCUT2D eigenvalue weighted by molar-refractivity contribution is 7.92. The van der Waals surface area contributed by atoms with Crippen LogP contribution in [0.3, 0.4) is 0 Å². The SMILES string of the molecule is CCOc1ccc([C@@H](C)NC(=O)CN(c2cccc(Cl)c2C)S(=O)(=O)c2ccccc2)cc1. The van der Waals surface area contributed by atoms with Gasteiger partial charge in [0.1, 0.15) is 12.3 Å². The highest BCUT2D eigenvalue weighted by atomic mass is 35.5. The number of carbonyl (C=O) groups is 1. The van der Waals surface area contributed by atoms with E-state index >= 15 is 0 Å². The third-order valence-corrected chi connectivity index (χ3v) is 7.38. The summed E-state index contributed by atoms with van der Waals surface area (Å²) in [6.45, 7) is 5.66. The van der Waals surface area contributed by atoms with E-state index in [1.165, 1.54) is 12.1 Å². The Balaban J connectivity index is 1.87. The third kappa shape index (κ3) is 5.86. The first-order valence-electron chi connectivity index (χ1n) is 10.6. The number of rotatable bonds is 9. The summed E-state index contributed by atoms with van der Waals surface area (Å²) in [5.41, 5.74) is 1.81. The first-order chi connectivity index (χ1) is 15.7. The summed E-state index contributed by atoms with van der Waals surface area (Å²) in [5, 5.41) is 3.31. The Kier molecular flexibility index (Phi) is 8.00. The minimum absolute atomic E-state index is 0.0942. The molecule has 0 radical (unpaired) electrons. The van der Waals surface area contributed by atoms with Crippen LogP contribution in [0.25, 0.3) is 0 Å². The van der Waals surface area contributed by atoms with E-state index in [0.29, 0.717) is 22.9 Å². The van der Waals surface area contributed by atoms with Crippen molar-refractivity contribution in [2.75, 3.05) is 17.5 Å². The van der Waals surface area contributed by atoms with Crippen LogP contribution in [0.1, 0.15) is 31.0 Å². The lowest BCUT2D eigenvalue weighted by Crippen LogP contribution is -2.42. The van der Waals surface area contributed by atoms with Gasteiger partial charge >= 0.3 is 0 Å². The largest absolute Gasteiger partial charge is 0.494 e. The molecule has 174 valence electrons. The van der Waals surface area contributed by atoms with Crippen LogP contribution >= 0.6 is 11.6 Å². The second-order valence-electron chi connectivity index (χ2n) is 7.50. The Labute approximate surface area is 200 Å². The molecule has 0 fully saturated rings. The molecule has 3 aromatic rings. The summed E-state index contributed by atoms with van der Waals surface area (Å²) in [4.78, 5) is 13.1. The number of anilines is 1. The zero-order valence-electron chi connectivity index (χ0n) is 18.8. The van der Waals surface area contributed by atoms with Crippen LogP contribution in [0.15, 0.2) is 77.7 Å². The molecule has 33 heavy (non-hydrogen) atoms. The summed E-state index contributed by atoms with van der Waals surface area (Å²) in [5.74, 6) is 0.312. The number of amides is 1. The lowest BCUT2D eigenvalue weighted by atomic mass is 10.1. The quantitative estimate of drug-likeness (QED) is 0.455. The molecule has 1 atom stereocenters. The lowest BCUT2D eigenvalue weighted by molar-refractivity contribution is -0.120. The lowest BCUT2D eigenvalue weighted by Gasteiger charge is -2.26. The van der Waals surface area contributed by atoms with E-state index in [9.17, 15) is 13.2 Å². The van der Waals surface area contributed by atoms with Gasteiger partial charge in [0.2, 0.25) is 5.91 Å². The van der Waals surface area contributed by atoms with Crippen molar-refractivity contribution in [3.63, 3.8) is 0 Å². The number of sulfonamides is 1. The smallest absolute Gasteiger partial charge is 0.264 e. The molecule has 1 N–H and O–H groups in total. The Hall–Kier alpha value is -3.03. The predicted octanol–water partition coefficient (Wildman–Crippen LogP) is 5.12. The molecule has 0 aliphatic heterocycles. The van der Waals surface area contributed by atoms with Gasteiger partial charge in [-0.25, -0.2) is 8.42 Å². The Morgan fingerprint density at radius 3 is 2.33 bits per heavy atom. The van der Waals surface area contributed by atoms with Crippen molar-refractivity contribution in [1.29, 1.82) is 0 Å². The molecule has 0 heterocycles. The van der Waals surface area contributed by atoms with Gasteiger partial charge < -0.3 is 10.1 Å². The van der Waals surface area contributed by atoms with Crippen molar-refractivity contribution in [3.05, 3.63) is 88.9 Å². The van der Waals surface area contributed by atoms with E-state index < -0.39 is 15.9 Å². The average Bonchev–Trinajstić information content (AvgIpc) is 2.80. The van der Waals surface area contributed by atoms with Crippen molar-refractivity contribution in [1.82, 2.24) is 5.32 Å². The Morgan fingerprint density at radius 2 is 1.70 bits per heavy atom. The molecule has 0 aliphatic rings. The standard InChI is InChI=1S/C25H27ClN2O4S/c1-4-32-21-15-13-20(14-16-21)19(3)27-25(29)17-28(24-12-8-11-23(26)18(24)2)33(30,31)22-9-6-5-7-10-22/h5-16,19H,4,17H2,1-3H3,(H,27,29)/t19-/m1/s1.